The third kappa shape index (κ3) is 2.51. The van der Waals surface area contributed by atoms with Gasteiger partial charge in [-0.15, -0.1) is 0 Å². The van der Waals surface area contributed by atoms with Gasteiger partial charge in [0.2, 0.25) is 5.91 Å². The Bertz CT molecular complexity index is 1020. The summed E-state index contributed by atoms with van der Waals surface area (Å²) in [7, 11) is 0. The summed E-state index contributed by atoms with van der Waals surface area (Å²) in [6, 6.07) is 9.24. The van der Waals surface area contributed by atoms with Crippen molar-refractivity contribution in [3.63, 3.8) is 0 Å². The topological polar surface area (TPSA) is 92.7 Å². The van der Waals surface area contributed by atoms with E-state index in [1.54, 1.807) is 25.1 Å². The molecule has 1 aliphatic rings. The number of benzene rings is 1. The Morgan fingerprint density at radius 3 is 2.72 bits per heavy atom. The lowest BCUT2D eigenvalue weighted by molar-refractivity contribution is -0.116. The number of aryl methyl sites for hydroxylation is 1. The molecule has 0 saturated heterocycles. The van der Waals surface area contributed by atoms with Gasteiger partial charge in [-0.25, -0.2) is 9.49 Å². The predicted molar refractivity (Wildman–Crippen MR) is 88.2 cm³/mol. The van der Waals surface area contributed by atoms with E-state index >= 15 is 0 Å². The van der Waals surface area contributed by atoms with Crippen LogP contribution in [0.1, 0.15) is 29.2 Å². The monoisotopic (exact) mass is 339 g/mol. The average molecular weight is 339 g/mol. The first kappa shape index (κ1) is 15.3. The molecular formula is C17H14FN5O2. The van der Waals surface area contributed by atoms with Crippen molar-refractivity contribution in [3.8, 4) is 5.82 Å². The van der Waals surface area contributed by atoms with Crippen LogP contribution in [0.15, 0.2) is 41.2 Å². The Balaban J connectivity index is 1.91. The molecule has 1 aromatic carbocycles. The Hall–Kier alpha value is -3.29. The second-order valence-electron chi connectivity index (χ2n) is 5.87. The van der Waals surface area contributed by atoms with Crippen LogP contribution in [0.4, 0.5) is 10.2 Å². The third-order valence-electron chi connectivity index (χ3n) is 4.26. The van der Waals surface area contributed by atoms with Gasteiger partial charge < -0.3 is 5.32 Å². The van der Waals surface area contributed by atoms with Crippen LogP contribution < -0.4 is 10.9 Å². The van der Waals surface area contributed by atoms with E-state index < -0.39 is 5.92 Å². The zero-order valence-corrected chi connectivity index (χ0v) is 13.3. The van der Waals surface area contributed by atoms with Gasteiger partial charge in [0, 0.05) is 24.0 Å². The Labute approximate surface area is 141 Å². The van der Waals surface area contributed by atoms with Gasteiger partial charge in [0.15, 0.2) is 5.82 Å². The van der Waals surface area contributed by atoms with E-state index in [2.05, 4.69) is 20.6 Å². The Morgan fingerprint density at radius 2 is 2.00 bits per heavy atom. The summed E-state index contributed by atoms with van der Waals surface area (Å²) >= 11 is 0. The standard InChI is InChI=1S/C17H14FN5O2/c1-9-16-11(10-4-2-3-5-12(10)18)8-15(25)19-17(16)23(22-9)13-6-7-14(24)21-20-13/h2-7,11H,8H2,1H3,(H,19,25)(H,21,24)/t11-/m0/s1. The van der Waals surface area contributed by atoms with Crippen molar-refractivity contribution in [1.82, 2.24) is 20.0 Å². The Morgan fingerprint density at radius 1 is 1.20 bits per heavy atom. The molecule has 0 bridgehead atoms. The molecule has 1 aliphatic heterocycles. The fourth-order valence-corrected chi connectivity index (χ4v) is 3.19. The summed E-state index contributed by atoms with van der Waals surface area (Å²) < 4.78 is 15.7. The SMILES string of the molecule is Cc1nn(-c2ccc(=O)[nH]n2)c2c1[C@H](c1ccccc1F)CC(=O)N2. The minimum atomic E-state index is -0.429. The van der Waals surface area contributed by atoms with Crippen molar-refractivity contribution in [2.45, 2.75) is 19.3 Å². The minimum Gasteiger partial charge on any atom is -0.310 e. The summed E-state index contributed by atoms with van der Waals surface area (Å²) in [5.74, 6) is -0.213. The number of amides is 1. The molecule has 0 spiro atoms. The van der Waals surface area contributed by atoms with Crippen LogP contribution in [0.3, 0.4) is 0 Å². The van der Waals surface area contributed by atoms with Crippen LogP contribution in [0.2, 0.25) is 0 Å². The van der Waals surface area contributed by atoms with Crippen LogP contribution in [0, 0.1) is 12.7 Å². The maximum atomic E-state index is 14.3. The average Bonchev–Trinajstić information content (AvgIpc) is 2.92. The van der Waals surface area contributed by atoms with E-state index in [4.69, 9.17) is 0 Å². The molecule has 1 amide bonds. The van der Waals surface area contributed by atoms with Crippen molar-refractivity contribution >= 4 is 11.7 Å². The molecule has 2 aromatic heterocycles. The highest BCUT2D eigenvalue weighted by Gasteiger charge is 2.34. The number of halogens is 1. The summed E-state index contributed by atoms with van der Waals surface area (Å²) in [6.07, 6.45) is 0.138. The van der Waals surface area contributed by atoms with Crippen molar-refractivity contribution in [1.29, 1.82) is 0 Å². The zero-order valence-electron chi connectivity index (χ0n) is 13.3. The molecule has 8 heteroatoms. The summed E-state index contributed by atoms with van der Waals surface area (Å²) in [5, 5.41) is 13.5. The van der Waals surface area contributed by atoms with Crippen LogP contribution in [0.25, 0.3) is 5.82 Å². The minimum absolute atomic E-state index is 0.138. The summed E-state index contributed by atoms with van der Waals surface area (Å²) in [6.45, 7) is 1.80. The molecular weight excluding hydrogens is 325 g/mol. The molecule has 7 nitrogen and oxygen atoms in total. The van der Waals surface area contributed by atoms with Gasteiger partial charge in [0.1, 0.15) is 11.6 Å². The highest BCUT2D eigenvalue weighted by atomic mass is 19.1. The first-order valence-corrected chi connectivity index (χ1v) is 7.74. The number of carbonyl (C=O) groups is 1. The van der Waals surface area contributed by atoms with Gasteiger partial charge in [-0.2, -0.15) is 14.9 Å². The molecule has 2 N–H and O–H groups in total. The van der Waals surface area contributed by atoms with Gasteiger partial charge in [-0.3, -0.25) is 9.59 Å². The lowest BCUT2D eigenvalue weighted by Crippen LogP contribution is -2.25. The van der Waals surface area contributed by atoms with Crippen molar-refractivity contribution < 1.29 is 9.18 Å². The maximum absolute atomic E-state index is 14.3. The molecule has 4 rings (SSSR count). The number of hydrogen-bond donors (Lipinski definition) is 2. The smallest absolute Gasteiger partial charge is 0.264 e. The quantitative estimate of drug-likeness (QED) is 0.745. The zero-order chi connectivity index (χ0) is 17.6. The number of aromatic nitrogens is 4. The molecule has 0 radical (unpaired) electrons. The summed E-state index contributed by atoms with van der Waals surface area (Å²) in [4.78, 5) is 23.4. The highest BCUT2D eigenvalue weighted by Crippen LogP contribution is 2.40. The number of H-pyrrole nitrogens is 1. The molecule has 3 aromatic rings. The lowest BCUT2D eigenvalue weighted by atomic mass is 9.85. The molecule has 25 heavy (non-hydrogen) atoms. The molecule has 0 saturated carbocycles. The van der Waals surface area contributed by atoms with Gasteiger partial charge in [-0.05, 0) is 24.6 Å². The number of carbonyl (C=O) groups excluding carboxylic acids is 1. The van der Waals surface area contributed by atoms with Crippen LogP contribution in [-0.2, 0) is 4.79 Å². The molecule has 0 aliphatic carbocycles. The second-order valence-corrected chi connectivity index (χ2v) is 5.87. The molecule has 1 atom stereocenters. The van der Waals surface area contributed by atoms with Gasteiger partial charge in [0.25, 0.3) is 5.56 Å². The largest absolute Gasteiger partial charge is 0.310 e. The van der Waals surface area contributed by atoms with E-state index in [9.17, 15) is 14.0 Å². The number of nitrogens with one attached hydrogen (secondary N) is 2. The van der Waals surface area contributed by atoms with E-state index in [-0.39, 0.29) is 23.7 Å². The van der Waals surface area contributed by atoms with E-state index in [1.165, 1.54) is 22.9 Å². The first-order chi connectivity index (χ1) is 12.0. The second kappa shape index (κ2) is 5.66. The number of rotatable bonds is 2. The first-order valence-electron chi connectivity index (χ1n) is 7.74. The van der Waals surface area contributed by atoms with E-state index in [0.29, 0.717) is 22.9 Å². The lowest BCUT2D eigenvalue weighted by Gasteiger charge is -2.24. The fourth-order valence-electron chi connectivity index (χ4n) is 3.19. The number of nitrogens with zero attached hydrogens (tertiary/aromatic N) is 3. The normalized spacial score (nSPS) is 16.4. The van der Waals surface area contributed by atoms with Gasteiger partial charge in [0.05, 0.1) is 5.69 Å². The number of aromatic amines is 1. The summed E-state index contributed by atoms with van der Waals surface area (Å²) in [5.41, 5.74) is 1.53. The van der Waals surface area contributed by atoms with Crippen LogP contribution in [-0.4, -0.2) is 25.9 Å². The van der Waals surface area contributed by atoms with Crippen molar-refractivity contribution in [2.75, 3.05) is 5.32 Å². The number of anilines is 1. The third-order valence-corrected chi connectivity index (χ3v) is 4.26. The molecule has 0 unspecified atom stereocenters. The molecule has 126 valence electrons. The van der Waals surface area contributed by atoms with Crippen LogP contribution in [0.5, 0.6) is 0 Å². The van der Waals surface area contributed by atoms with Crippen molar-refractivity contribution in [2.24, 2.45) is 0 Å². The van der Waals surface area contributed by atoms with E-state index in [1.807, 2.05) is 0 Å². The van der Waals surface area contributed by atoms with E-state index in [0.717, 1.165) is 5.56 Å². The van der Waals surface area contributed by atoms with Gasteiger partial charge in [-0.1, -0.05) is 18.2 Å². The Kier molecular flexibility index (Phi) is 3.45. The molecule has 3 heterocycles. The molecule has 0 fully saturated rings. The van der Waals surface area contributed by atoms with Crippen molar-refractivity contribution in [3.05, 3.63) is 69.4 Å². The van der Waals surface area contributed by atoms with Gasteiger partial charge >= 0.3 is 0 Å². The van der Waals surface area contributed by atoms with Crippen LogP contribution >= 0.6 is 0 Å². The fraction of sp³-hybridized carbons (Fsp3) is 0.176. The number of fused-ring (bicyclic) bond motifs is 1. The highest BCUT2D eigenvalue weighted by molar-refractivity contribution is 5.95. The number of hydrogen-bond acceptors (Lipinski definition) is 4. The maximum Gasteiger partial charge on any atom is 0.264 e. The predicted octanol–water partition coefficient (Wildman–Crippen LogP) is 1.88.